The van der Waals surface area contributed by atoms with Crippen molar-refractivity contribution in [3.8, 4) is 0 Å². The lowest BCUT2D eigenvalue weighted by molar-refractivity contribution is -0.154. The molecule has 0 saturated heterocycles. The number of anilines is 3. The summed E-state index contributed by atoms with van der Waals surface area (Å²) in [5, 5.41) is 27.2. The second-order valence-electron chi connectivity index (χ2n) is 7.21. The van der Waals surface area contributed by atoms with Crippen LogP contribution in [0.3, 0.4) is 0 Å². The van der Waals surface area contributed by atoms with Crippen LogP contribution in [0.2, 0.25) is 0 Å². The highest BCUT2D eigenvalue weighted by Crippen LogP contribution is 2.22. The highest BCUT2D eigenvalue weighted by molar-refractivity contribution is 5.87. The van der Waals surface area contributed by atoms with E-state index in [1.54, 1.807) is 0 Å². The number of aliphatic hydroxyl groups excluding tert-OH is 1. The number of hydrogen-bond donors (Lipinski definition) is 8. The van der Waals surface area contributed by atoms with Crippen molar-refractivity contribution in [2.45, 2.75) is 57.0 Å². The van der Waals surface area contributed by atoms with Gasteiger partial charge < -0.3 is 42.4 Å². The molecule has 1 aromatic heterocycles. The van der Waals surface area contributed by atoms with Crippen molar-refractivity contribution in [2.75, 3.05) is 22.9 Å². The number of nitrogen functional groups attached to an aromatic ring is 1. The van der Waals surface area contributed by atoms with Crippen molar-refractivity contribution in [3.63, 3.8) is 0 Å². The number of amides is 1. The Balaban J connectivity index is 0.00000512. The monoisotopic (exact) mass is 513 g/mol. The summed E-state index contributed by atoms with van der Waals surface area (Å²) in [5.74, 6) is -2.41. The topological polar surface area (TPSA) is 235 Å². The maximum absolute atomic E-state index is 12.1. The van der Waals surface area contributed by atoms with Gasteiger partial charge in [-0.3, -0.25) is 24.2 Å². The third kappa shape index (κ3) is 8.24. The first-order chi connectivity index (χ1) is 14.5. The fraction of sp³-hybridized carbons (Fsp3) is 0.588. The summed E-state index contributed by atoms with van der Waals surface area (Å²) in [6.45, 7) is 2.96. The number of carboxylic acids is 1. The molecule has 0 fully saturated rings. The Bertz CT molecular complexity index is 901. The minimum Gasteiger partial charge on any atom is -0.480 e. The van der Waals surface area contributed by atoms with E-state index in [2.05, 4.69) is 25.9 Å². The van der Waals surface area contributed by atoms with Crippen molar-refractivity contribution < 1.29 is 29.3 Å². The van der Waals surface area contributed by atoms with E-state index in [0.29, 0.717) is 0 Å². The number of hydrogen-bond acceptors (Lipinski definition) is 11. The molecule has 0 spiro atoms. The van der Waals surface area contributed by atoms with Crippen molar-refractivity contribution in [1.82, 2.24) is 15.3 Å². The molecule has 10 N–H and O–H groups in total. The number of aromatic amines is 1. The van der Waals surface area contributed by atoms with Gasteiger partial charge in [-0.25, -0.2) is 0 Å². The van der Waals surface area contributed by atoms with Gasteiger partial charge in [0.2, 0.25) is 11.9 Å². The number of carboxylic acid groups (broad SMARTS) is 1. The number of nitrogens with zero attached hydrogens (tertiary/aromatic N) is 1. The van der Waals surface area contributed by atoms with E-state index in [4.69, 9.17) is 21.3 Å². The third-order valence-electron chi connectivity index (χ3n) is 4.69. The van der Waals surface area contributed by atoms with Gasteiger partial charge in [-0.05, 0) is 20.3 Å². The number of aromatic nitrogens is 2. The molecule has 2 heterocycles. The van der Waals surface area contributed by atoms with E-state index in [-0.39, 0.29) is 61.7 Å². The Labute approximate surface area is 201 Å². The molecular formula is C17H29Cl2N7O7. The molecule has 1 aliphatic rings. The van der Waals surface area contributed by atoms with Gasteiger partial charge in [-0.1, -0.05) is 0 Å². The number of fused-ring (bicyclic) bond motifs is 1. The van der Waals surface area contributed by atoms with Crippen molar-refractivity contribution in [1.29, 1.82) is 0 Å². The van der Waals surface area contributed by atoms with Crippen molar-refractivity contribution in [3.05, 3.63) is 10.4 Å². The first kappa shape index (κ1) is 30.2. The number of aliphatic hydroxyl groups is 1. The largest absolute Gasteiger partial charge is 0.480 e. The van der Waals surface area contributed by atoms with Gasteiger partial charge in [0.1, 0.15) is 23.9 Å². The number of rotatable bonds is 9. The van der Waals surface area contributed by atoms with Crippen molar-refractivity contribution >= 4 is 60.1 Å². The molecule has 5 atom stereocenters. The number of ether oxygens (including phenoxy) is 1. The molecule has 14 nitrogen and oxygen atoms in total. The van der Waals surface area contributed by atoms with E-state index < -0.39 is 53.7 Å². The minimum absolute atomic E-state index is 0. The smallest absolute Gasteiger partial charge is 0.325 e. The summed E-state index contributed by atoms with van der Waals surface area (Å²) in [6.07, 6.45) is -2.39. The van der Waals surface area contributed by atoms with Gasteiger partial charge in [0.05, 0.1) is 12.1 Å². The zero-order valence-corrected chi connectivity index (χ0v) is 19.5. The van der Waals surface area contributed by atoms with Crippen LogP contribution >= 0.6 is 24.8 Å². The number of carbonyl (C=O) groups excluding carboxylic acids is 2. The predicted octanol–water partition coefficient (Wildman–Crippen LogP) is -1.61. The Kier molecular flexibility index (Phi) is 11.9. The van der Waals surface area contributed by atoms with Gasteiger partial charge in [0.15, 0.2) is 5.82 Å². The molecule has 0 saturated carbocycles. The average Bonchev–Trinajstić information content (AvgIpc) is 2.70. The molecule has 1 amide bonds. The number of nitrogens with two attached hydrogens (primary N) is 2. The highest BCUT2D eigenvalue weighted by atomic mass is 35.5. The van der Waals surface area contributed by atoms with Crippen LogP contribution in [-0.4, -0.2) is 74.9 Å². The van der Waals surface area contributed by atoms with Crippen LogP contribution in [0.5, 0.6) is 0 Å². The van der Waals surface area contributed by atoms with Crippen LogP contribution in [0.15, 0.2) is 4.79 Å². The average molecular weight is 514 g/mol. The first-order valence-corrected chi connectivity index (χ1v) is 9.56. The summed E-state index contributed by atoms with van der Waals surface area (Å²) in [6, 6.07) is -2.87. The Morgan fingerprint density at radius 3 is 2.55 bits per heavy atom. The number of H-pyrrole nitrogens is 1. The molecule has 0 bridgehead atoms. The van der Waals surface area contributed by atoms with Gasteiger partial charge >= 0.3 is 11.9 Å². The SMILES string of the molecule is CC(NC(=O)C(N)CCC(=O)OC(C)C(O)C1CNc2nc(N)[nH]c(=O)c2N1)C(=O)O.Cl.Cl. The number of aliphatic carboxylic acids is 1. The summed E-state index contributed by atoms with van der Waals surface area (Å²) < 4.78 is 5.19. The maximum Gasteiger partial charge on any atom is 0.325 e. The molecule has 5 unspecified atom stereocenters. The lowest BCUT2D eigenvalue weighted by atomic mass is 10.0. The van der Waals surface area contributed by atoms with E-state index in [1.807, 2.05) is 0 Å². The fourth-order valence-electron chi connectivity index (χ4n) is 2.85. The Hall–Kier alpha value is -2.81. The van der Waals surface area contributed by atoms with Crippen LogP contribution in [0, 0.1) is 0 Å². The number of nitrogens with one attached hydrogen (secondary N) is 4. The van der Waals surface area contributed by atoms with E-state index in [1.165, 1.54) is 13.8 Å². The number of esters is 1. The standard InChI is InChI=1S/C17H27N7O7.2ClH/c1-6(16(29)30)21-14(27)8(18)3-4-10(25)31-7(2)12(26)9-5-20-13-11(22-9)15(28)24-17(19)23-13;;/h6-9,12,22,26H,3-5,18H2,1-2H3,(H,21,27)(H,29,30)(H4,19,20,23,24,28);2*1H. The quantitative estimate of drug-likeness (QED) is 0.174. The third-order valence-corrected chi connectivity index (χ3v) is 4.69. The predicted molar refractivity (Wildman–Crippen MR) is 124 cm³/mol. The molecular weight excluding hydrogens is 485 g/mol. The molecule has 188 valence electrons. The summed E-state index contributed by atoms with van der Waals surface area (Å²) in [4.78, 5) is 52.9. The zero-order valence-electron chi connectivity index (χ0n) is 17.9. The molecule has 2 rings (SSSR count). The minimum atomic E-state index is -1.21. The lowest BCUT2D eigenvalue weighted by Crippen LogP contribution is -2.50. The normalized spacial score (nSPS) is 17.8. The van der Waals surface area contributed by atoms with Crippen LogP contribution in [0.1, 0.15) is 26.7 Å². The molecule has 33 heavy (non-hydrogen) atoms. The first-order valence-electron chi connectivity index (χ1n) is 9.56. The summed E-state index contributed by atoms with van der Waals surface area (Å²) >= 11 is 0. The second kappa shape index (κ2) is 13.0. The molecule has 0 aliphatic carbocycles. The van der Waals surface area contributed by atoms with Gasteiger partial charge in [-0.2, -0.15) is 4.98 Å². The van der Waals surface area contributed by atoms with E-state index in [9.17, 15) is 24.3 Å². The van der Waals surface area contributed by atoms with E-state index >= 15 is 0 Å². The Morgan fingerprint density at radius 1 is 1.30 bits per heavy atom. The van der Waals surface area contributed by atoms with E-state index in [0.717, 1.165) is 0 Å². The summed E-state index contributed by atoms with van der Waals surface area (Å²) in [7, 11) is 0. The van der Waals surface area contributed by atoms with Crippen molar-refractivity contribution in [2.24, 2.45) is 5.73 Å². The zero-order chi connectivity index (χ0) is 23.3. The number of carbonyl (C=O) groups is 3. The van der Waals surface area contributed by atoms with Crippen LogP contribution < -0.4 is 33.0 Å². The summed E-state index contributed by atoms with van der Waals surface area (Å²) in [5.41, 5.74) is 10.7. The molecule has 0 aromatic carbocycles. The van der Waals surface area contributed by atoms with Crippen LogP contribution in [-0.2, 0) is 19.1 Å². The maximum atomic E-state index is 12.1. The number of halogens is 2. The molecule has 0 radical (unpaired) electrons. The van der Waals surface area contributed by atoms with Crippen LogP contribution in [0.25, 0.3) is 0 Å². The highest BCUT2D eigenvalue weighted by Gasteiger charge is 2.32. The second-order valence-corrected chi connectivity index (χ2v) is 7.21. The van der Waals surface area contributed by atoms with Gasteiger partial charge in [-0.15, -0.1) is 24.8 Å². The van der Waals surface area contributed by atoms with Gasteiger partial charge in [0.25, 0.3) is 5.56 Å². The lowest BCUT2D eigenvalue weighted by Gasteiger charge is -2.32. The molecule has 16 heteroatoms. The molecule has 1 aromatic rings. The fourth-order valence-corrected chi connectivity index (χ4v) is 2.85. The Morgan fingerprint density at radius 2 is 1.94 bits per heavy atom. The van der Waals surface area contributed by atoms with Gasteiger partial charge in [0, 0.05) is 13.0 Å². The molecule has 1 aliphatic heterocycles. The van der Waals surface area contributed by atoms with Crippen LogP contribution in [0.4, 0.5) is 17.5 Å².